The summed E-state index contributed by atoms with van der Waals surface area (Å²) in [4.78, 5) is 11.0. The third-order valence-corrected chi connectivity index (χ3v) is 3.17. The molecule has 0 amide bonds. The summed E-state index contributed by atoms with van der Waals surface area (Å²) in [6, 6.07) is 13.7. The SMILES string of the molecule is O=[N+]([O-])c1ccc(/C=C(\Cl)c2ccc(S)cc2)cc1. The van der Waals surface area contributed by atoms with Gasteiger partial charge in [-0.3, -0.25) is 10.1 Å². The van der Waals surface area contributed by atoms with Crippen LogP contribution in [0.3, 0.4) is 0 Å². The number of thiol groups is 1. The van der Waals surface area contributed by atoms with Gasteiger partial charge in [0.05, 0.1) is 4.92 Å². The van der Waals surface area contributed by atoms with Gasteiger partial charge >= 0.3 is 0 Å². The summed E-state index contributed by atoms with van der Waals surface area (Å²) in [6.07, 6.45) is 1.76. The molecule has 0 radical (unpaired) electrons. The molecule has 0 atom stereocenters. The van der Waals surface area contributed by atoms with E-state index in [-0.39, 0.29) is 5.69 Å². The lowest BCUT2D eigenvalue weighted by atomic mass is 10.1. The number of hydrogen-bond donors (Lipinski definition) is 1. The number of hydrogen-bond acceptors (Lipinski definition) is 3. The lowest BCUT2D eigenvalue weighted by Crippen LogP contribution is -1.86. The maximum Gasteiger partial charge on any atom is 0.269 e. The third-order valence-electron chi connectivity index (χ3n) is 2.54. The van der Waals surface area contributed by atoms with Gasteiger partial charge in [-0.1, -0.05) is 23.7 Å². The quantitative estimate of drug-likeness (QED) is 0.388. The van der Waals surface area contributed by atoms with Gasteiger partial charge in [0.2, 0.25) is 0 Å². The molecule has 0 bridgehead atoms. The van der Waals surface area contributed by atoms with Crippen LogP contribution in [-0.4, -0.2) is 4.92 Å². The van der Waals surface area contributed by atoms with E-state index in [0.717, 1.165) is 16.0 Å². The van der Waals surface area contributed by atoms with Crippen molar-refractivity contribution in [2.24, 2.45) is 0 Å². The minimum atomic E-state index is -0.430. The predicted molar refractivity (Wildman–Crippen MR) is 80.5 cm³/mol. The first-order valence-corrected chi connectivity index (χ1v) is 6.30. The van der Waals surface area contributed by atoms with Crippen LogP contribution < -0.4 is 0 Å². The van der Waals surface area contributed by atoms with E-state index in [0.29, 0.717) is 5.03 Å². The smallest absolute Gasteiger partial charge is 0.258 e. The van der Waals surface area contributed by atoms with Crippen LogP contribution in [-0.2, 0) is 0 Å². The molecule has 2 aromatic carbocycles. The van der Waals surface area contributed by atoms with Gasteiger partial charge in [-0.2, -0.15) is 0 Å². The number of nitrogens with zero attached hydrogens (tertiary/aromatic N) is 1. The van der Waals surface area contributed by atoms with E-state index < -0.39 is 4.92 Å². The van der Waals surface area contributed by atoms with Crippen LogP contribution in [0.1, 0.15) is 11.1 Å². The molecule has 0 spiro atoms. The highest BCUT2D eigenvalue weighted by atomic mass is 35.5. The van der Waals surface area contributed by atoms with Crippen molar-refractivity contribution in [1.82, 2.24) is 0 Å². The van der Waals surface area contributed by atoms with Crippen molar-refractivity contribution in [2.75, 3.05) is 0 Å². The minimum Gasteiger partial charge on any atom is -0.258 e. The van der Waals surface area contributed by atoms with E-state index in [1.165, 1.54) is 12.1 Å². The highest BCUT2D eigenvalue weighted by molar-refractivity contribution is 7.80. The van der Waals surface area contributed by atoms with Gasteiger partial charge in [0.1, 0.15) is 0 Å². The van der Waals surface area contributed by atoms with Crippen LogP contribution in [0.25, 0.3) is 11.1 Å². The van der Waals surface area contributed by atoms with Crippen molar-refractivity contribution in [1.29, 1.82) is 0 Å². The molecule has 5 heteroatoms. The number of non-ortho nitro benzene ring substituents is 1. The summed E-state index contributed by atoms with van der Waals surface area (Å²) >= 11 is 10.4. The molecule has 0 saturated heterocycles. The van der Waals surface area contributed by atoms with Crippen LogP contribution in [0.2, 0.25) is 0 Å². The molecule has 2 aromatic rings. The molecular weight excluding hydrogens is 282 g/mol. The second kappa shape index (κ2) is 5.91. The van der Waals surface area contributed by atoms with Gasteiger partial charge in [0.25, 0.3) is 5.69 Å². The number of rotatable bonds is 3. The predicted octanol–water partition coefficient (Wildman–Crippen LogP) is 4.62. The van der Waals surface area contributed by atoms with E-state index >= 15 is 0 Å². The zero-order chi connectivity index (χ0) is 13.8. The number of benzene rings is 2. The van der Waals surface area contributed by atoms with Gasteiger partial charge in [-0.15, -0.1) is 12.6 Å². The Balaban J connectivity index is 2.25. The Morgan fingerprint density at radius 3 is 2.21 bits per heavy atom. The van der Waals surface area contributed by atoms with Gasteiger partial charge in [-0.25, -0.2) is 0 Å². The van der Waals surface area contributed by atoms with Crippen molar-refractivity contribution in [3.63, 3.8) is 0 Å². The molecule has 2 rings (SSSR count). The molecule has 0 heterocycles. The van der Waals surface area contributed by atoms with Crippen LogP contribution >= 0.6 is 24.2 Å². The molecule has 0 aromatic heterocycles. The lowest BCUT2D eigenvalue weighted by molar-refractivity contribution is -0.384. The molecule has 0 aliphatic rings. The summed E-state index contributed by atoms with van der Waals surface area (Å²) in [5.41, 5.74) is 1.75. The van der Waals surface area contributed by atoms with Gasteiger partial charge in [0, 0.05) is 22.1 Å². The standard InChI is InChI=1S/C14H10ClNO2S/c15-14(11-3-7-13(19)8-4-11)9-10-1-5-12(6-2-10)16(17)18/h1-9,19H/b14-9-. The highest BCUT2D eigenvalue weighted by Crippen LogP contribution is 2.24. The maximum atomic E-state index is 10.5. The summed E-state index contributed by atoms with van der Waals surface area (Å²) in [7, 11) is 0. The fourth-order valence-electron chi connectivity index (χ4n) is 1.54. The summed E-state index contributed by atoms with van der Waals surface area (Å²) in [5.74, 6) is 0. The van der Waals surface area contributed by atoms with Gasteiger partial charge in [-0.05, 0) is 41.5 Å². The fourth-order valence-corrected chi connectivity index (χ4v) is 1.94. The van der Waals surface area contributed by atoms with E-state index in [9.17, 15) is 10.1 Å². The van der Waals surface area contributed by atoms with Crippen LogP contribution in [0.4, 0.5) is 5.69 Å². The average molecular weight is 292 g/mol. The molecule has 0 aliphatic carbocycles. The van der Waals surface area contributed by atoms with Crippen molar-refractivity contribution in [3.8, 4) is 0 Å². The first kappa shape index (κ1) is 13.6. The first-order valence-electron chi connectivity index (χ1n) is 5.47. The van der Waals surface area contributed by atoms with Crippen molar-refractivity contribution in [2.45, 2.75) is 4.90 Å². The zero-order valence-electron chi connectivity index (χ0n) is 9.79. The summed E-state index contributed by atoms with van der Waals surface area (Å²) in [5, 5.41) is 11.1. The number of nitro benzene ring substituents is 1. The molecule has 19 heavy (non-hydrogen) atoms. The van der Waals surface area contributed by atoms with E-state index in [4.69, 9.17) is 11.6 Å². The maximum absolute atomic E-state index is 10.5. The Morgan fingerprint density at radius 1 is 1.11 bits per heavy atom. The number of halogens is 1. The Morgan fingerprint density at radius 2 is 1.68 bits per heavy atom. The first-order chi connectivity index (χ1) is 9.06. The monoisotopic (exact) mass is 291 g/mol. The largest absolute Gasteiger partial charge is 0.269 e. The number of nitro groups is 1. The molecule has 0 N–H and O–H groups in total. The van der Waals surface area contributed by atoms with Crippen LogP contribution in [0.5, 0.6) is 0 Å². The van der Waals surface area contributed by atoms with Crippen LogP contribution in [0, 0.1) is 10.1 Å². The second-order valence-corrected chi connectivity index (χ2v) is 4.81. The van der Waals surface area contributed by atoms with Crippen molar-refractivity contribution in [3.05, 3.63) is 69.8 Å². The molecule has 3 nitrogen and oxygen atoms in total. The third kappa shape index (κ3) is 3.59. The van der Waals surface area contributed by atoms with Crippen molar-refractivity contribution >= 4 is 41.0 Å². The second-order valence-electron chi connectivity index (χ2n) is 3.89. The lowest BCUT2D eigenvalue weighted by Gasteiger charge is -2.00. The molecule has 96 valence electrons. The van der Waals surface area contributed by atoms with Gasteiger partial charge in [0.15, 0.2) is 0 Å². The topological polar surface area (TPSA) is 43.1 Å². The fraction of sp³-hybridized carbons (Fsp3) is 0. The van der Waals surface area contributed by atoms with E-state index in [1.807, 2.05) is 24.3 Å². The molecule has 0 unspecified atom stereocenters. The average Bonchev–Trinajstić information content (AvgIpc) is 2.40. The molecule has 0 fully saturated rings. The molecule has 0 saturated carbocycles. The van der Waals surface area contributed by atoms with E-state index in [2.05, 4.69) is 12.6 Å². The Bertz CT molecular complexity index is 621. The van der Waals surface area contributed by atoms with Crippen LogP contribution in [0.15, 0.2) is 53.4 Å². The van der Waals surface area contributed by atoms with E-state index in [1.54, 1.807) is 18.2 Å². The minimum absolute atomic E-state index is 0.0627. The Hall–Kier alpha value is -1.78. The Labute approximate surface area is 121 Å². The summed E-state index contributed by atoms with van der Waals surface area (Å²) in [6.45, 7) is 0. The normalized spacial score (nSPS) is 11.4. The highest BCUT2D eigenvalue weighted by Gasteiger charge is 2.04. The van der Waals surface area contributed by atoms with Gasteiger partial charge < -0.3 is 0 Å². The molecular formula is C14H10ClNO2S. The Kier molecular flexibility index (Phi) is 4.24. The van der Waals surface area contributed by atoms with Crippen molar-refractivity contribution < 1.29 is 4.92 Å². The zero-order valence-corrected chi connectivity index (χ0v) is 11.4. The molecule has 0 aliphatic heterocycles. The summed E-state index contributed by atoms with van der Waals surface area (Å²) < 4.78 is 0.